The van der Waals surface area contributed by atoms with E-state index in [0.717, 1.165) is 31.2 Å². The molecular formula is C50H66F6N8O10. The Labute approximate surface area is 424 Å². The minimum Gasteiger partial charge on any atom is -0.474 e. The Morgan fingerprint density at radius 1 is 0.635 bits per heavy atom. The Bertz CT molecular complexity index is 2590. The molecule has 2 aliphatic carbocycles. The summed E-state index contributed by atoms with van der Waals surface area (Å²) in [6.07, 6.45) is -4.18. The molecular weight excluding hydrogens is 987 g/mol. The van der Waals surface area contributed by atoms with Crippen molar-refractivity contribution >= 4 is 23.6 Å². The first-order valence-electron chi connectivity index (χ1n) is 25.1. The van der Waals surface area contributed by atoms with Crippen LogP contribution in [0.2, 0.25) is 0 Å². The van der Waals surface area contributed by atoms with Gasteiger partial charge in [-0.05, 0) is 144 Å². The van der Waals surface area contributed by atoms with Gasteiger partial charge in [-0.25, -0.2) is 19.6 Å². The Morgan fingerprint density at radius 2 is 1.04 bits per heavy atom. The molecule has 8 bridgehead atoms. The largest absolute Gasteiger partial charge is 0.474 e. The van der Waals surface area contributed by atoms with Crippen molar-refractivity contribution in [2.75, 3.05) is 10.6 Å². The zero-order chi connectivity index (χ0) is 54.2. The maximum absolute atomic E-state index is 14.2. The zero-order valence-corrected chi connectivity index (χ0v) is 42.9. The van der Waals surface area contributed by atoms with Crippen LogP contribution in [0.15, 0.2) is 21.0 Å². The van der Waals surface area contributed by atoms with E-state index in [2.05, 4.69) is 30.4 Å². The molecule has 0 aromatic carbocycles. The second-order valence-corrected chi connectivity index (χ2v) is 21.9. The summed E-state index contributed by atoms with van der Waals surface area (Å²) in [6.45, 7) is 13.1. The molecule has 18 nitrogen and oxygen atoms in total. The van der Waals surface area contributed by atoms with E-state index < -0.39 is 77.5 Å². The van der Waals surface area contributed by atoms with Crippen molar-refractivity contribution < 1.29 is 73.9 Å². The third-order valence-corrected chi connectivity index (χ3v) is 12.9. The number of aromatic nitrogens is 6. The van der Waals surface area contributed by atoms with Gasteiger partial charge in [0.1, 0.15) is 23.4 Å². The summed E-state index contributed by atoms with van der Waals surface area (Å²) in [6, 6.07) is 3.03. The maximum atomic E-state index is 14.2. The van der Waals surface area contributed by atoms with E-state index in [1.165, 1.54) is 18.9 Å². The summed E-state index contributed by atoms with van der Waals surface area (Å²) in [7, 11) is 0. The summed E-state index contributed by atoms with van der Waals surface area (Å²) in [4.78, 5) is 36.5. The molecule has 8 rings (SSSR count). The fraction of sp³-hybridized carbons (Fsp3) is 0.680. The molecule has 4 atom stereocenters. The number of anilines is 2. The minimum absolute atomic E-state index is 0.0427. The molecule has 2 fully saturated rings. The van der Waals surface area contributed by atoms with Gasteiger partial charge in [0, 0.05) is 11.1 Å². The molecule has 4 N–H and O–H groups in total. The number of amides is 2. The molecule has 4 aromatic heterocycles. The van der Waals surface area contributed by atoms with Gasteiger partial charge in [-0.3, -0.25) is 0 Å². The van der Waals surface area contributed by atoms with Gasteiger partial charge in [0.2, 0.25) is 23.0 Å². The number of pyridine rings is 2. The van der Waals surface area contributed by atoms with Crippen LogP contribution in [-0.2, 0) is 20.7 Å². The lowest BCUT2D eigenvalue weighted by molar-refractivity contribution is -0.277. The van der Waals surface area contributed by atoms with Crippen LogP contribution in [0.25, 0.3) is 23.2 Å². The van der Waals surface area contributed by atoms with E-state index in [9.17, 15) is 46.1 Å². The Kier molecular flexibility index (Phi) is 16.2. The number of halogens is 6. The van der Waals surface area contributed by atoms with Gasteiger partial charge >= 0.3 is 24.5 Å². The Morgan fingerprint density at radius 3 is 1.45 bits per heavy atom. The summed E-state index contributed by atoms with van der Waals surface area (Å²) in [5.41, 5.74) is -1.88. The van der Waals surface area contributed by atoms with E-state index in [1.807, 2.05) is 0 Å². The Hall–Kier alpha value is -5.78. The average Bonchev–Trinajstić information content (AvgIpc) is 4.16. The van der Waals surface area contributed by atoms with Crippen LogP contribution in [0, 0.1) is 25.7 Å². The van der Waals surface area contributed by atoms with E-state index in [-0.39, 0.29) is 59.6 Å². The van der Waals surface area contributed by atoms with E-state index in [1.54, 1.807) is 61.5 Å². The second kappa shape index (κ2) is 21.5. The number of aliphatic hydroxyl groups is 2. The van der Waals surface area contributed by atoms with Gasteiger partial charge < -0.3 is 43.7 Å². The number of hydrogen-bond acceptors (Lipinski definition) is 17. The molecule has 74 heavy (non-hydrogen) atoms. The van der Waals surface area contributed by atoms with Crippen molar-refractivity contribution in [3.63, 3.8) is 0 Å². The summed E-state index contributed by atoms with van der Waals surface area (Å²) < 4.78 is 118. The highest BCUT2D eigenvalue weighted by Crippen LogP contribution is 2.47. The number of fused-ring (bicyclic) bond motifs is 10. The molecule has 0 radical (unpaired) electrons. The Balaban J connectivity index is 0.000000232. The van der Waals surface area contributed by atoms with Crippen molar-refractivity contribution in [3.8, 4) is 34.9 Å². The normalized spacial score (nSPS) is 23.1. The standard InChI is InChI=1S/C30H41F3N4O7.C20H25F3N4O3/c1-17-15-20(37(25(38)43-27(2,3)4)26(39)44-28(5,6)7)21-23-35-36-24(42-23)29(40,30(31,32)33)14-10-8-9-11-19(16-18-12-13-18)41-22(17)34-21;1-11-9-14(24)15-17-26-27-18(30-17)19(28,20(21,22)23)8-4-2-3-5-13(10-12-6-7-12)29-16(11)25-15/h15,18-19,40H,8-14,16H2,1-7H3;9,12-13,28H,2-8,10,24H2,1H3/t19?,29-;13?,19-/m11/s1. The van der Waals surface area contributed by atoms with Gasteiger partial charge in [0.05, 0.1) is 11.4 Å². The highest BCUT2D eigenvalue weighted by atomic mass is 19.4. The predicted molar refractivity (Wildman–Crippen MR) is 253 cm³/mol. The van der Waals surface area contributed by atoms with E-state index >= 15 is 0 Å². The van der Waals surface area contributed by atoms with Crippen LogP contribution < -0.4 is 20.1 Å². The van der Waals surface area contributed by atoms with Crippen LogP contribution in [0.1, 0.15) is 167 Å². The number of imide groups is 1. The molecule has 2 amide bonds. The van der Waals surface area contributed by atoms with Crippen molar-refractivity contribution in [2.24, 2.45) is 11.8 Å². The lowest BCUT2D eigenvalue weighted by atomic mass is 9.94. The highest BCUT2D eigenvalue weighted by Gasteiger charge is 2.60. The van der Waals surface area contributed by atoms with Crippen LogP contribution in [0.5, 0.6) is 11.8 Å². The molecule has 4 aliphatic rings. The zero-order valence-electron chi connectivity index (χ0n) is 42.9. The number of alkyl halides is 6. The van der Waals surface area contributed by atoms with E-state index in [0.29, 0.717) is 66.7 Å². The fourth-order valence-corrected chi connectivity index (χ4v) is 8.61. The van der Waals surface area contributed by atoms with Gasteiger partial charge in [-0.15, -0.1) is 20.4 Å². The van der Waals surface area contributed by atoms with Crippen LogP contribution in [0.4, 0.5) is 47.3 Å². The molecule has 408 valence electrons. The number of nitrogens with two attached hydrogens (primary N) is 1. The number of ether oxygens (including phenoxy) is 4. The van der Waals surface area contributed by atoms with Crippen molar-refractivity contribution in [1.82, 2.24) is 30.4 Å². The third-order valence-electron chi connectivity index (χ3n) is 12.9. The number of hydrogen-bond donors (Lipinski definition) is 3. The molecule has 0 saturated heterocycles. The maximum Gasteiger partial charge on any atom is 0.426 e. The average molecular weight is 1050 g/mol. The quantitative estimate of drug-likeness (QED) is 0.157. The molecule has 4 aromatic rings. The minimum atomic E-state index is -5.13. The fourth-order valence-electron chi connectivity index (χ4n) is 8.61. The topological polar surface area (TPSA) is 244 Å². The van der Waals surface area contributed by atoms with Gasteiger partial charge in [0.15, 0.2) is 11.4 Å². The number of rotatable bonds is 5. The molecule has 0 spiro atoms. The lowest BCUT2D eigenvalue weighted by Crippen LogP contribution is -2.44. The first-order valence-corrected chi connectivity index (χ1v) is 25.1. The number of nitrogens with zero attached hydrogens (tertiary/aromatic N) is 7. The smallest absolute Gasteiger partial charge is 0.426 e. The summed E-state index contributed by atoms with van der Waals surface area (Å²) in [5.74, 6) is -1.25. The van der Waals surface area contributed by atoms with Crippen molar-refractivity contribution in [1.29, 1.82) is 0 Å². The third kappa shape index (κ3) is 13.5. The number of nitrogen functional groups attached to an aromatic ring is 1. The SMILES string of the molecule is Cc1cc(N(C(=O)OC(C)(C)C)C(=O)OC(C)(C)C)c2nc1OC(CC1CC1)CCCCC[C@](O)(C(F)(F)F)c1nnc-2o1.Cc1cc(N)c2nc1OC(CC1CC1)CCCCC[C@](O)(C(F)(F)F)c1nnc-2o1. The summed E-state index contributed by atoms with van der Waals surface area (Å²) in [5, 5.41) is 35.8. The number of carbonyl (C=O) groups excluding carboxylic acids is 2. The van der Waals surface area contributed by atoms with Crippen molar-refractivity contribution in [2.45, 2.75) is 205 Å². The van der Waals surface area contributed by atoms with Gasteiger partial charge in [-0.2, -0.15) is 31.2 Å². The van der Waals surface area contributed by atoms with E-state index in [4.69, 9.17) is 33.5 Å². The summed E-state index contributed by atoms with van der Waals surface area (Å²) >= 11 is 0. The number of aryl methyl sites for hydroxylation is 2. The first kappa shape index (κ1) is 56.0. The second-order valence-electron chi connectivity index (χ2n) is 21.9. The van der Waals surface area contributed by atoms with Gasteiger partial charge in [-0.1, -0.05) is 38.5 Å². The molecule has 24 heteroatoms. The highest BCUT2D eigenvalue weighted by molar-refractivity contribution is 6.11. The molecule has 6 heterocycles. The molecule has 2 saturated carbocycles. The predicted octanol–water partition coefficient (Wildman–Crippen LogP) is 11.7. The lowest BCUT2D eigenvalue weighted by Gasteiger charge is -2.29. The number of carbonyl (C=O) groups is 2. The monoisotopic (exact) mass is 1050 g/mol. The van der Waals surface area contributed by atoms with Crippen LogP contribution in [-0.4, -0.2) is 88.5 Å². The van der Waals surface area contributed by atoms with Crippen molar-refractivity contribution in [3.05, 3.63) is 35.0 Å². The van der Waals surface area contributed by atoms with Crippen LogP contribution in [0.3, 0.4) is 0 Å². The van der Waals surface area contributed by atoms with Crippen LogP contribution >= 0.6 is 0 Å². The van der Waals surface area contributed by atoms with Gasteiger partial charge in [0.25, 0.3) is 23.6 Å². The molecule has 2 aliphatic heterocycles. The molecule has 2 unspecified atom stereocenters. The first-order chi connectivity index (χ1) is 34.4.